The van der Waals surface area contributed by atoms with Crippen LogP contribution in [-0.4, -0.2) is 24.9 Å². The van der Waals surface area contributed by atoms with Gasteiger partial charge in [-0.2, -0.15) is 0 Å². The van der Waals surface area contributed by atoms with Crippen molar-refractivity contribution in [2.24, 2.45) is 0 Å². The highest BCUT2D eigenvalue weighted by atomic mass is 35.5. The summed E-state index contributed by atoms with van der Waals surface area (Å²) < 4.78 is 4.88. The minimum Gasteiger partial charge on any atom is -0.465 e. The van der Waals surface area contributed by atoms with Crippen molar-refractivity contribution in [3.8, 4) is 0 Å². The van der Waals surface area contributed by atoms with E-state index < -0.39 is 5.97 Å². The Bertz CT molecular complexity index is 1190. The van der Waals surface area contributed by atoms with Gasteiger partial charge in [0, 0.05) is 10.7 Å². The number of carbonyl (C=O) groups excluding carboxylic acids is 3. The molecule has 0 aliphatic rings. The number of hydrogen-bond donors (Lipinski definition) is 2. The zero-order valence-electron chi connectivity index (χ0n) is 18.2. The summed E-state index contributed by atoms with van der Waals surface area (Å²) in [6.07, 6.45) is 0.0961. The van der Waals surface area contributed by atoms with Gasteiger partial charge in [-0.05, 0) is 55.7 Å². The number of benzene rings is 2. The molecule has 0 aliphatic carbocycles. The SMILES string of the molecule is COC(=O)c1c(NC(=O)Cc2ccc(Cl)cc2)sc(C(=O)Nc2ccc(C)cc2C)c1C. The van der Waals surface area contributed by atoms with Crippen LogP contribution in [0.5, 0.6) is 0 Å². The molecule has 166 valence electrons. The van der Waals surface area contributed by atoms with Gasteiger partial charge in [0.25, 0.3) is 5.91 Å². The molecule has 1 heterocycles. The van der Waals surface area contributed by atoms with Crippen molar-refractivity contribution in [1.29, 1.82) is 0 Å². The third-order valence-electron chi connectivity index (χ3n) is 4.90. The molecule has 0 bridgehead atoms. The number of carbonyl (C=O) groups is 3. The Kier molecular flexibility index (Phi) is 7.33. The van der Waals surface area contributed by atoms with E-state index in [0.717, 1.165) is 28.0 Å². The predicted octanol–water partition coefficient (Wildman–Crippen LogP) is 5.55. The van der Waals surface area contributed by atoms with E-state index in [2.05, 4.69) is 10.6 Å². The minimum atomic E-state index is -0.619. The molecule has 2 N–H and O–H groups in total. The van der Waals surface area contributed by atoms with E-state index in [1.165, 1.54) is 7.11 Å². The summed E-state index contributed by atoms with van der Waals surface area (Å²) in [6, 6.07) is 12.6. The van der Waals surface area contributed by atoms with Gasteiger partial charge in [0.1, 0.15) is 5.00 Å². The molecule has 1 aromatic heterocycles. The number of nitrogens with one attached hydrogen (secondary N) is 2. The Morgan fingerprint density at radius 2 is 1.69 bits per heavy atom. The summed E-state index contributed by atoms with van der Waals surface area (Å²) in [7, 11) is 1.26. The smallest absolute Gasteiger partial charge is 0.341 e. The van der Waals surface area contributed by atoms with Crippen LogP contribution in [0.2, 0.25) is 5.02 Å². The normalized spacial score (nSPS) is 10.5. The number of ether oxygens (including phenoxy) is 1. The van der Waals surface area contributed by atoms with Crippen molar-refractivity contribution in [1.82, 2.24) is 0 Å². The van der Waals surface area contributed by atoms with Crippen LogP contribution in [0.3, 0.4) is 0 Å². The van der Waals surface area contributed by atoms with E-state index in [0.29, 0.717) is 21.2 Å². The first-order valence-corrected chi connectivity index (χ1v) is 11.0. The van der Waals surface area contributed by atoms with E-state index in [-0.39, 0.29) is 28.8 Å². The summed E-state index contributed by atoms with van der Waals surface area (Å²) in [5, 5.41) is 6.49. The monoisotopic (exact) mass is 470 g/mol. The molecule has 0 aliphatic heterocycles. The largest absolute Gasteiger partial charge is 0.465 e. The van der Waals surface area contributed by atoms with Crippen LogP contribution in [0, 0.1) is 20.8 Å². The Labute approximate surface area is 195 Å². The number of amides is 2. The number of halogens is 1. The standard InChI is InChI=1S/C24H23ClN2O4S/c1-13-5-10-18(14(2)11-13)26-22(29)21-15(3)20(24(30)31-4)23(32-21)27-19(28)12-16-6-8-17(25)9-7-16/h5-11H,12H2,1-4H3,(H,26,29)(H,27,28). The van der Waals surface area contributed by atoms with Crippen molar-refractivity contribution in [3.05, 3.63) is 80.2 Å². The lowest BCUT2D eigenvalue weighted by atomic mass is 10.1. The number of esters is 1. The zero-order valence-corrected chi connectivity index (χ0v) is 19.7. The minimum absolute atomic E-state index is 0.0961. The van der Waals surface area contributed by atoms with Gasteiger partial charge in [-0.1, -0.05) is 41.4 Å². The number of aryl methyl sites for hydroxylation is 2. The first-order valence-electron chi connectivity index (χ1n) is 9.84. The molecule has 0 fully saturated rings. The van der Waals surface area contributed by atoms with Crippen LogP contribution >= 0.6 is 22.9 Å². The molecule has 0 radical (unpaired) electrons. The second-order valence-electron chi connectivity index (χ2n) is 7.38. The zero-order chi connectivity index (χ0) is 23.4. The second-order valence-corrected chi connectivity index (χ2v) is 8.83. The Balaban J connectivity index is 1.86. The van der Waals surface area contributed by atoms with Crippen LogP contribution < -0.4 is 10.6 Å². The molecule has 0 saturated carbocycles. The lowest BCUT2D eigenvalue weighted by Gasteiger charge is -2.08. The highest BCUT2D eigenvalue weighted by Crippen LogP contribution is 2.34. The Hall–Kier alpha value is -3.16. The van der Waals surface area contributed by atoms with Crippen LogP contribution in [-0.2, 0) is 16.0 Å². The molecule has 3 rings (SSSR count). The van der Waals surface area contributed by atoms with Crippen molar-refractivity contribution >= 4 is 51.4 Å². The third kappa shape index (κ3) is 5.36. The van der Waals surface area contributed by atoms with Gasteiger partial charge in [-0.15, -0.1) is 11.3 Å². The van der Waals surface area contributed by atoms with Crippen LogP contribution in [0.15, 0.2) is 42.5 Å². The number of thiophene rings is 1. The van der Waals surface area contributed by atoms with E-state index in [1.807, 2.05) is 32.0 Å². The van der Waals surface area contributed by atoms with Crippen molar-refractivity contribution in [2.45, 2.75) is 27.2 Å². The number of methoxy groups -OCH3 is 1. The van der Waals surface area contributed by atoms with Gasteiger partial charge >= 0.3 is 5.97 Å². The summed E-state index contributed by atoms with van der Waals surface area (Å²) >= 11 is 6.93. The van der Waals surface area contributed by atoms with Gasteiger partial charge in [-0.25, -0.2) is 4.79 Å². The quantitative estimate of drug-likeness (QED) is 0.463. The molecule has 0 atom stereocenters. The van der Waals surface area contributed by atoms with Gasteiger partial charge < -0.3 is 15.4 Å². The van der Waals surface area contributed by atoms with Crippen molar-refractivity contribution in [2.75, 3.05) is 17.7 Å². The molecule has 2 aromatic carbocycles. The summed E-state index contributed by atoms with van der Waals surface area (Å²) in [5.41, 5.74) is 4.09. The molecule has 2 amide bonds. The van der Waals surface area contributed by atoms with E-state index in [1.54, 1.807) is 31.2 Å². The first kappa shape index (κ1) is 23.5. The average Bonchev–Trinajstić information content (AvgIpc) is 3.07. The van der Waals surface area contributed by atoms with Gasteiger partial charge in [0.2, 0.25) is 5.91 Å². The molecule has 6 nitrogen and oxygen atoms in total. The molecular formula is C24H23ClN2O4S. The topological polar surface area (TPSA) is 84.5 Å². The van der Waals surface area contributed by atoms with Crippen molar-refractivity contribution < 1.29 is 19.1 Å². The maximum Gasteiger partial charge on any atom is 0.341 e. The van der Waals surface area contributed by atoms with E-state index >= 15 is 0 Å². The van der Waals surface area contributed by atoms with Gasteiger partial charge in [0.05, 0.1) is 24.0 Å². The Morgan fingerprint density at radius 3 is 2.31 bits per heavy atom. The van der Waals surface area contributed by atoms with Crippen molar-refractivity contribution in [3.63, 3.8) is 0 Å². The third-order valence-corrected chi connectivity index (χ3v) is 6.36. The molecule has 32 heavy (non-hydrogen) atoms. The van der Waals surface area contributed by atoms with Gasteiger partial charge in [0.15, 0.2) is 0 Å². The van der Waals surface area contributed by atoms with E-state index in [9.17, 15) is 14.4 Å². The maximum atomic E-state index is 13.0. The van der Waals surface area contributed by atoms with Gasteiger partial charge in [-0.3, -0.25) is 9.59 Å². The number of hydrogen-bond acceptors (Lipinski definition) is 5. The van der Waals surface area contributed by atoms with Crippen LogP contribution in [0.4, 0.5) is 10.7 Å². The number of anilines is 2. The highest BCUT2D eigenvalue weighted by Gasteiger charge is 2.26. The predicted molar refractivity (Wildman–Crippen MR) is 128 cm³/mol. The summed E-state index contributed by atoms with van der Waals surface area (Å²) in [5.74, 6) is -1.30. The van der Waals surface area contributed by atoms with Crippen LogP contribution in [0.1, 0.15) is 42.3 Å². The highest BCUT2D eigenvalue weighted by molar-refractivity contribution is 7.19. The lowest BCUT2D eigenvalue weighted by Crippen LogP contribution is -2.16. The fourth-order valence-corrected chi connectivity index (χ4v) is 4.49. The molecule has 3 aromatic rings. The van der Waals surface area contributed by atoms with E-state index in [4.69, 9.17) is 16.3 Å². The molecule has 0 unspecified atom stereocenters. The maximum absolute atomic E-state index is 13.0. The number of rotatable bonds is 6. The second kappa shape index (κ2) is 9.97. The fraction of sp³-hybridized carbons (Fsp3) is 0.208. The molecule has 8 heteroatoms. The average molecular weight is 471 g/mol. The molecule has 0 spiro atoms. The molecule has 0 saturated heterocycles. The lowest BCUT2D eigenvalue weighted by molar-refractivity contribution is -0.115. The van der Waals surface area contributed by atoms with Crippen LogP contribution in [0.25, 0.3) is 0 Å². The fourth-order valence-electron chi connectivity index (χ4n) is 3.26. The summed E-state index contributed by atoms with van der Waals surface area (Å²) in [6.45, 7) is 5.55. The Morgan fingerprint density at radius 1 is 1.00 bits per heavy atom. The summed E-state index contributed by atoms with van der Waals surface area (Å²) in [4.78, 5) is 38.3. The first-order chi connectivity index (χ1) is 15.2. The molecular weight excluding hydrogens is 448 g/mol.